The second kappa shape index (κ2) is 16.4. The van der Waals surface area contributed by atoms with Crippen molar-refractivity contribution in [1.29, 1.82) is 0 Å². The number of allylic oxidation sites excluding steroid dienone is 4. The molecule has 1 saturated carbocycles. The van der Waals surface area contributed by atoms with E-state index >= 15 is 0 Å². The van der Waals surface area contributed by atoms with Crippen molar-refractivity contribution < 1.29 is 9.53 Å². The van der Waals surface area contributed by atoms with Crippen LogP contribution in [0.15, 0.2) is 24.3 Å². The minimum Gasteiger partial charge on any atom is -0.462 e. The number of rotatable bonds is 15. The Hall–Kier alpha value is -1.05. The molecule has 2 heteroatoms. The first-order valence-electron chi connectivity index (χ1n) is 10.8. The predicted molar refractivity (Wildman–Crippen MR) is 108 cm³/mol. The summed E-state index contributed by atoms with van der Waals surface area (Å²) in [6.45, 7) is 2.25. The molecule has 1 aliphatic carbocycles. The van der Waals surface area contributed by atoms with Crippen molar-refractivity contribution in [2.24, 2.45) is 0 Å². The Labute approximate surface area is 156 Å². The number of esters is 1. The fourth-order valence-corrected chi connectivity index (χ4v) is 3.33. The maximum Gasteiger partial charge on any atom is 0.306 e. The van der Waals surface area contributed by atoms with Crippen molar-refractivity contribution in [2.45, 2.75) is 116 Å². The predicted octanol–water partition coefficient (Wildman–Crippen LogP) is 7.29. The molecule has 0 unspecified atom stereocenters. The molecule has 1 aliphatic rings. The van der Waals surface area contributed by atoms with Crippen molar-refractivity contribution >= 4 is 5.97 Å². The summed E-state index contributed by atoms with van der Waals surface area (Å²) in [5.41, 5.74) is 0. The van der Waals surface area contributed by atoms with E-state index in [0.717, 1.165) is 32.1 Å². The number of carbonyl (C=O) groups is 1. The van der Waals surface area contributed by atoms with Crippen molar-refractivity contribution in [3.8, 4) is 0 Å². The van der Waals surface area contributed by atoms with E-state index in [1.165, 1.54) is 64.2 Å². The number of unbranched alkanes of at least 4 members (excludes halogenated alkanes) is 8. The van der Waals surface area contributed by atoms with Crippen LogP contribution in [0.1, 0.15) is 110 Å². The molecule has 0 aromatic heterocycles. The van der Waals surface area contributed by atoms with Crippen LogP contribution < -0.4 is 0 Å². The summed E-state index contributed by atoms with van der Waals surface area (Å²) < 4.78 is 5.48. The third kappa shape index (κ3) is 13.9. The van der Waals surface area contributed by atoms with Crippen LogP contribution in [0.2, 0.25) is 0 Å². The maximum absolute atomic E-state index is 11.7. The third-order valence-corrected chi connectivity index (χ3v) is 4.93. The van der Waals surface area contributed by atoms with Crippen molar-refractivity contribution in [3.63, 3.8) is 0 Å². The summed E-state index contributed by atoms with van der Waals surface area (Å²) in [5.74, 6) is 0.0255. The SMILES string of the molecule is CCCCC/C=C\C/C=C\CCCCCCCC(=O)OC1CCCC1. The second-order valence-corrected chi connectivity index (χ2v) is 7.38. The average molecular weight is 349 g/mol. The van der Waals surface area contributed by atoms with Gasteiger partial charge in [0.1, 0.15) is 6.10 Å². The Morgan fingerprint density at radius 2 is 1.44 bits per heavy atom. The molecule has 0 saturated heterocycles. The van der Waals surface area contributed by atoms with Gasteiger partial charge in [0.2, 0.25) is 0 Å². The molecule has 25 heavy (non-hydrogen) atoms. The first kappa shape index (κ1) is 22.0. The highest BCUT2D eigenvalue weighted by molar-refractivity contribution is 5.69. The summed E-state index contributed by atoms with van der Waals surface area (Å²) in [6, 6.07) is 0. The third-order valence-electron chi connectivity index (χ3n) is 4.93. The van der Waals surface area contributed by atoms with Gasteiger partial charge in [-0.2, -0.15) is 0 Å². The van der Waals surface area contributed by atoms with Gasteiger partial charge in [-0.15, -0.1) is 0 Å². The van der Waals surface area contributed by atoms with Crippen molar-refractivity contribution in [3.05, 3.63) is 24.3 Å². The van der Waals surface area contributed by atoms with E-state index in [9.17, 15) is 4.79 Å². The quantitative estimate of drug-likeness (QED) is 0.176. The van der Waals surface area contributed by atoms with Gasteiger partial charge in [0, 0.05) is 6.42 Å². The van der Waals surface area contributed by atoms with Gasteiger partial charge >= 0.3 is 5.97 Å². The molecule has 0 spiro atoms. The average Bonchev–Trinajstić information content (AvgIpc) is 3.11. The Balaban J connectivity index is 1.80. The fourth-order valence-electron chi connectivity index (χ4n) is 3.33. The Kier molecular flexibility index (Phi) is 14.4. The molecule has 0 bridgehead atoms. The Morgan fingerprint density at radius 3 is 2.12 bits per heavy atom. The van der Waals surface area contributed by atoms with Crippen LogP contribution in [0.25, 0.3) is 0 Å². The van der Waals surface area contributed by atoms with Gasteiger partial charge in [0.15, 0.2) is 0 Å². The Bertz CT molecular complexity index is 364. The van der Waals surface area contributed by atoms with E-state index in [1.807, 2.05) is 0 Å². The minimum atomic E-state index is 0.0255. The van der Waals surface area contributed by atoms with Crippen LogP contribution in [0.5, 0.6) is 0 Å². The van der Waals surface area contributed by atoms with Gasteiger partial charge in [-0.1, -0.05) is 63.3 Å². The molecule has 2 nitrogen and oxygen atoms in total. The smallest absolute Gasteiger partial charge is 0.306 e. The van der Waals surface area contributed by atoms with Gasteiger partial charge in [-0.25, -0.2) is 0 Å². The van der Waals surface area contributed by atoms with Gasteiger partial charge in [0.05, 0.1) is 0 Å². The molecule has 0 aliphatic heterocycles. The first-order chi connectivity index (χ1) is 12.3. The largest absolute Gasteiger partial charge is 0.462 e. The molecule has 0 aromatic rings. The standard InChI is InChI=1S/C23H40O2/c1-2-3-4-5-6-7-8-9-10-11-12-13-14-15-16-21-23(24)25-22-19-17-18-20-22/h6-7,9-10,22H,2-5,8,11-21H2,1H3/b7-6-,10-9-. The van der Waals surface area contributed by atoms with E-state index in [2.05, 4.69) is 31.2 Å². The topological polar surface area (TPSA) is 26.3 Å². The zero-order valence-corrected chi connectivity index (χ0v) is 16.5. The van der Waals surface area contributed by atoms with Crippen molar-refractivity contribution in [1.82, 2.24) is 0 Å². The van der Waals surface area contributed by atoms with Crippen molar-refractivity contribution in [2.75, 3.05) is 0 Å². The lowest BCUT2D eigenvalue weighted by atomic mass is 10.1. The number of carbonyl (C=O) groups excluding carboxylic acids is 1. The number of ether oxygens (including phenoxy) is 1. The zero-order chi connectivity index (χ0) is 18.0. The summed E-state index contributed by atoms with van der Waals surface area (Å²) in [7, 11) is 0. The normalized spacial score (nSPS) is 15.6. The second-order valence-electron chi connectivity index (χ2n) is 7.38. The number of hydrogen-bond donors (Lipinski definition) is 0. The van der Waals surface area contributed by atoms with Crippen LogP contribution in [0.4, 0.5) is 0 Å². The number of hydrogen-bond acceptors (Lipinski definition) is 2. The zero-order valence-electron chi connectivity index (χ0n) is 16.5. The lowest BCUT2D eigenvalue weighted by molar-refractivity contribution is -0.148. The van der Waals surface area contributed by atoms with E-state index in [0.29, 0.717) is 6.42 Å². The van der Waals surface area contributed by atoms with E-state index in [1.54, 1.807) is 0 Å². The van der Waals surface area contributed by atoms with Crippen LogP contribution >= 0.6 is 0 Å². The fraction of sp³-hybridized carbons (Fsp3) is 0.783. The monoisotopic (exact) mass is 348 g/mol. The molecule has 1 fully saturated rings. The van der Waals surface area contributed by atoms with Gasteiger partial charge in [-0.05, 0) is 64.2 Å². The molecule has 0 heterocycles. The van der Waals surface area contributed by atoms with Crippen LogP contribution in [0, 0.1) is 0 Å². The molecule has 0 aromatic carbocycles. The van der Waals surface area contributed by atoms with E-state index in [4.69, 9.17) is 4.74 Å². The van der Waals surface area contributed by atoms with Crippen LogP contribution in [0.3, 0.4) is 0 Å². The lowest BCUT2D eigenvalue weighted by Gasteiger charge is -2.10. The summed E-state index contributed by atoms with van der Waals surface area (Å²) in [6.07, 6.45) is 28.1. The van der Waals surface area contributed by atoms with Crippen LogP contribution in [-0.4, -0.2) is 12.1 Å². The lowest BCUT2D eigenvalue weighted by Crippen LogP contribution is -2.14. The van der Waals surface area contributed by atoms with E-state index < -0.39 is 0 Å². The first-order valence-corrected chi connectivity index (χ1v) is 10.8. The molecule has 0 radical (unpaired) electrons. The highest BCUT2D eigenvalue weighted by atomic mass is 16.5. The maximum atomic E-state index is 11.7. The molecule has 1 rings (SSSR count). The highest BCUT2D eigenvalue weighted by Gasteiger charge is 2.18. The molecule has 0 amide bonds. The van der Waals surface area contributed by atoms with Gasteiger partial charge in [-0.3, -0.25) is 4.79 Å². The van der Waals surface area contributed by atoms with Gasteiger partial charge in [0.25, 0.3) is 0 Å². The minimum absolute atomic E-state index is 0.0255. The Morgan fingerprint density at radius 1 is 0.840 bits per heavy atom. The molecule has 0 N–H and O–H groups in total. The van der Waals surface area contributed by atoms with Crippen LogP contribution in [-0.2, 0) is 9.53 Å². The molecular formula is C23H40O2. The summed E-state index contributed by atoms with van der Waals surface area (Å²) >= 11 is 0. The molecule has 144 valence electrons. The van der Waals surface area contributed by atoms with Gasteiger partial charge < -0.3 is 4.74 Å². The van der Waals surface area contributed by atoms with E-state index in [-0.39, 0.29) is 12.1 Å². The molecule has 0 atom stereocenters. The highest BCUT2D eigenvalue weighted by Crippen LogP contribution is 2.21. The summed E-state index contributed by atoms with van der Waals surface area (Å²) in [5, 5.41) is 0. The summed E-state index contributed by atoms with van der Waals surface area (Å²) in [4.78, 5) is 11.7. The molecular weight excluding hydrogens is 308 g/mol.